The van der Waals surface area contributed by atoms with E-state index in [4.69, 9.17) is 0 Å². The van der Waals surface area contributed by atoms with E-state index < -0.39 is 10.0 Å². The lowest BCUT2D eigenvalue weighted by molar-refractivity contribution is 0.0939. The van der Waals surface area contributed by atoms with E-state index in [9.17, 15) is 13.2 Å². The number of benzene rings is 2. The number of sulfonamides is 1. The normalized spacial score (nSPS) is 17.4. The van der Waals surface area contributed by atoms with Crippen molar-refractivity contribution in [3.05, 3.63) is 63.7 Å². The fraction of sp³-hybridized carbons (Fsp3) is 0.409. The molecule has 0 saturated carbocycles. The highest BCUT2D eigenvalue weighted by Crippen LogP contribution is 2.34. The fourth-order valence-corrected chi connectivity index (χ4v) is 5.32. The van der Waals surface area contributed by atoms with Gasteiger partial charge >= 0.3 is 0 Å². The van der Waals surface area contributed by atoms with Crippen molar-refractivity contribution in [2.75, 3.05) is 10.6 Å². The topological polar surface area (TPSA) is 66.5 Å². The number of hydrogen-bond acceptors (Lipinski definition) is 3. The minimum absolute atomic E-state index is 0.119. The lowest BCUT2D eigenvalue weighted by Gasteiger charge is -2.22. The molecule has 0 radical (unpaired) electrons. The zero-order valence-corrected chi connectivity index (χ0v) is 18.1. The summed E-state index contributed by atoms with van der Waals surface area (Å²) in [5.41, 5.74) is 6.81. The Kier molecular flexibility index (Phi) is 5.28. The van der Waals surface area contributed by atoms with Gasteiger partial charge in [-0.2, -0.15) is 0 Å². The van der Waals surface area contributed by atoms with E-state index in [-0.39, 0.29) is 18.0 Å². The number of nitrogens with zero attached hydrogens (tertiary/aromatic N) is 1. The number of aryl methyl sites for hydroxylation is 3. The summed E-state index contributed by atoms with van der Waals surface area (Å²) in [6.45, 7) is 10.1. The van der Waals surface area contributed by atoms with Crippen molar-refractivity contribution in [3.8, 4) is 0 Å². The Balaban J connectivity index is 1.83. The van der Waals surface area contributed by atoms with Crippen LogP contribution in [0, 0.1) is 20.8 Å². The van der Waals surface area contributed by atoms with Crippen LogP contribution in [0.25, 0.3) is 0 Å². The molecule has 0 fully saturated rings. The maximum atomic E-state index is 12.8. The molecule has 1 aliphatic heterocycles. The van der Waals surface area contributed by atoms with Crippen molar-refractivity contribution in [2.45, 2.75) is 53.1 Å². The Morgan fingerprint density at radius 3 is 2.39 bits per heavy atom. The molecule has 0 bridgehead atoms. The monoisotopic (exact) mass is 400 g/mol. The SMILES string of the molecule is Cc1cc(C)c([C@H](C)NC(=O)c2ccc3c(c2)C[C@H](C)N3S(C)(=O)=O)cc1C. The highest BCUT2D eigenvalue weighted by Gasteiger charge is 2.32. The van der Waals surface area contributed by atoms with Gasteiger partial charge in [-0.05, 0) is 87.1 Å². The number of amides is 1. The first-order chi connectivity index (χ1) is 13.0. The van der Waals surface area contributed by atoms with Crippen molar-refractivity contribution in [1.82, 2.24) is 5.32 Å². The molecule has 150 valence electrons. The number of fused-ring (bicyclic) bond motifs is 1. The van der Waals surface area contributed by atoms with Gasteiger partial charge in [0.1, 0.15) is 0 Å². The molecule has 28 heavy (non-hydrogen) atoms. The van der Waals surface area contributed by atoms with Crippen LogP contribution in [-0.4, -0.2) is 26.6 Å². The molecule has 2 atom stereocenters. The van der Waals surface area contributed by atoms with Gasteiger partial charge in [-0.15, -0.1) is 0 Å². The van der Waals surface area contributed by atoms with E-state index in [1.807, 2.05) is 19.9 Å². The van der Waals surface area contributed by atoms with Gasteiger partial charge in [0.15, 0.2) is 0 Å². The van der Waals surface area contributed by atoms with Gasteiger partial charge in [-0.1, -0.05) is 12.1 Å². The van der Waals surface area contributed by atoms with Crippen LogP contribution < -0.4 is 9.62 Å². The summed E-state index contributed by atoms with van der Waals surface area (Å²) < 4.78 is 25.6. The number of anilines is 1. The van der Waals surface area contributed by atoms with Gasteiger partial charge < -0.3 is 5.32 Å². The molecule has 1 N–H and O–H groups in total. The number of hydrogen-bond donors (Lipinski definition) is 1. The summed E-state index contributed by atoms with van der Waals surface area (Å²) >= 11 is 0. The first-order valence-electron chi connectivity index (χ1n) is 9.50. The van der Waals surface area contributed by atoms with E-state index in [1.54, 1.807) is 12.1 Å². The predicted octanol–water partition coefficient (Wildman–Crippen LogP) is 3.81. The quantitative estimate of drug-likeness (QED) is 0.849. The first kappa shape index (κ1) is 20.4. The molecular formula is C22H28N2O3S. The van der Waals surface area contributed by atoms with E-state index in [2.05, 4.69) is 38.2 Å². The molecule has 6 heteroatoms. The summed E-state index contributed by atoms with van der Waals surface area (Å²) in [6.07, 6.45) is 1.82. The fourth-order valence-electron chi connectivity index (χ4n) is 4.06. The average Bonchev–Trinajstić information content (AvgIpc) is 2.92. The van der Waals surface area contributed by atoms with E-state index in [0.29, 0.717) is 17.7 Å². The minimum Gasteiger partial charge on any atom is -0.346 e. The van der Waals surface area contributed by atoms with Crippen LogP contribution in [0.1, 0.15) is 58.1 Å². The van der Waals surface area contributed by atoms with Crippen LogP contribution in [0.3, 0.4) is 0 Å². The standard InChI is InChI=1S/C22H28N2O3S/c1-13-9-15(3)20(10-14(13)2)17(5)23-22(25)18-7-8-21-19(12-18)11-16(4)24(21)28(6,26)27/h7-10,12,16-17H,11H2,1-6H3,(H,23,25)/t16-,17-/m0/s1. The van der Waals surface area contributed by atoms with Crippen molar-refractivity contribution >= 4 is 21.6 Å². The predicted molar refractivity (Wildman–Crippen MR) is 113 cm³/mol. The Hall–Kier alpha value is -2.34. The first-order valence-corrected chi connectivity index (χ1v) is 11.3. The summed E-state index contributed by atoms with van der Waals surface area (Å²) in [7, 11) is -3.33. The third-order valence-electron chi connectivity index (χ3n) is 5.55. The second kappa shape index (κ2) is 7.24. The Bertz CT molecular complexity index is 1040. The van der Waals surface area contributed by atoms with E-state index in [0.717, 1.165) is 16.7 Å². The van der Waals surface area contributed by atoms with E-state index in [1.165, 1.54) is 21.7 Å². The zero-order valence-electron chi connectivity index (χ0n) is 17.3. The second-order valence-electron chi connectivity index (χ2n) is 7.94. The zero-order chi connectivity index (χ0) is 20.8. The Morgan fingerprint density at radius 1 is 1.11 bits per heavy atom. The molecule has 1 aliphatic rings. The van der Waals surface area contributed by atoms with Gasteiger partial charge in [-0.25, -0.2) is 8.42 Å². The molecular weight excluding hydrogens is 372 g/mol. The summed E-state index contributed by atoms with van der Waals surface area (Å²) in [4.78, 5) is 12.8. The minimum atomic E-state index is -3.33. The van der Waals surface area contributed by atoms with Gasteiger partial charge in [0, 0.05) is 11.6 Å². The number of carbonyl (C=O) groups is 1. The van der Waals surface area contributed by atoms with Gasteiger partial charge in [0.25, 0.3) is 5.91 Å². The highest BCUT2D eigenvalue weighted by atomic mass is 32.2. The smallest absolute Gasteiger partial charge is 0.251 e. The molecule has 5 nitrogen and oxygen atoms in total. The lowest BCUT2D eigenvalue weighted by Crippen LogP contribution is -2.34. The van der Waals surface area contributed by atoms with Crippen LogP contribution in [-0.2, 0) is 16.4 Å². The Morgan fingerprint density at radius 2 is 1.75 bits per heavy atom. The molecule has 0 spiro atoms. The maximum Gasteiger partial charge on any atom is 0.251 e. The van der Waals surface area contributed by atoms with Crippen molar-refractivity contribution in [2.24, 2.45) is 0 Å². The number of rotatable bonds is 4. The van der Waals surface area contributed by atoms with Crippen molar-refractivity contribution in [3.63, 3.8) is 0 Å². The number of nitrogens with one attached hydrogen (secondary N) is 1. The van der Waals surface area contributed by atoms with Gasteiger partial charge in [0.05, 0.1) is 18.0 Å². The maximum absolute atomic E-state index is 12.8. The molecule has 2 aromatic rings. The molecule has 0 unspecified atom stereocenters. The molecule has 0 aliphatic carbocycles. The van der Waals surface area contributed by atoms with Crippen molar-refractivity contribution < 1.29 is 13.2 Å². The van der Waals surface area contributed by atoms with E-state index >= 15 is 0 Å². The van der Waals surface area contributed by atoms with Gasteiger partial charge in [-0.3, -0.25) is 9.10 Å². The van der Waals surface area contributed by atoms with Gasteiger partial charge in [0.2, 0.25) is 10.0 Å². The lowest BCUT2D eigenvalue weighted by atomic mass is 9.96. The average molecular weight is 401 g/mol. The molecule has 0 aromatic heterocycles. The molecule has 3 rings (SSSR count). The van der Waals surface area contributed by atoms with Crippen molar-refractivity contribution in [1.29, 1.82) is 0 Å². The van der Waals surface area contributed by atoms with Crippen LogP contribution in [0.15, 0.2) is 30.3 Å². The molecule has 0 saturated heterocycles. The molecule has 1 amide bonds. The summed E-state index contributed by atoms with van der Waals surface area (Å²) in [5.74, 6) is -0.154. The second-order valence-corrected chi connectivity index (χ2v) is 9.80. The Labute approximate surface area is 167 Å². The van der Waals surface area contributed by atoms with Crippen LogP contribution in [0.5, 0.6) is 0 Å². The molecule has 2 aromatic carbocycles. The highest BCUT2D eigenvalue weighted by molar-refractivity contribution is 7.92. The summed E-state index contributed by atoms with van der Waals surface area (Å²) in [6, 6.07) is 9.26. The third-order valence-corrected chi connectivity index (χ3v) is 6.82. The van der Waals surface area contributed by atoms with Crippen LogP contribution in [0.4, 0.5) is 5.69 Å². The summed E-state index contributed by atoms with van der Waals surface area (Å²) in [5, 5.41) is 3.07. The largest absolute Gasteiger partial charge is 0.346 e. The third kappa shape index (κ3) is 3.78. The number of carbonyl (C=O) groups excluding carboxylic acids is 1. The molecule has 1 heterocycles. The van der Waals surface area contributed by atoms with Crippen LogP contribution >= 0.6 is 0 Å². The van der Waals surface area contributed by atoms with Crippen LogP contribution in [0.2, 0.25) is 0 Å².